The molecule has 2 rings (SSSR count). The largest absolute Gasteiger partial charge is 0.459 e. The monoisotopic (exact) mass is 344 g/mol. The van der Waals surface area contributed by atoms with Crippen molar-refractivity contribution in [3.05, 3.63) is 12.2 Å². The predicted octanol–water partition coefficient (Wildman–Crippen LogP) is 1.07. The van der Waals surface area contributed by atoms with Crippen LogP contribution in [0.2, 0.25) is 0 Å². The van der Waals surface area contributed by atoms with Crippen molar-refractivity contribution in [2.24, 2.45) is 5.73 Å². The van der Waals surface area contributed by atoms with Crippen LogP contribution in [0.15, 0.2) is 12.2 Å². The van der Waals surface area contributed by atoms with E-state index in [4.69, 9.17) is 45.3 Å². The molecule has 2 heterocycles. The second kappa shape index (κ2) is 5.33. The fraction of sp³-hybridized carbons (Fsp3) is 0.600. The number of β-lactam (4-membered cyclic amide) rings is 1. The number of nitrogens with two attached hydrogens (primary N) is 1. The number of halogens is 3. The molecule has 9 heteroatoms. The molecule has 3 atom stereocenters. The smallest absolute Gasteiger partial charge is 0.333 e. The summed E-state index contributed by atoms with van der Waals surface area (Å²) in [5, 5.41) is -0.219. The van der Waals surface area contributed by atoms with Gasteiger partial charge >= 0.3 is 5.97 Å². The number of amides is 1. The molecule has 1 amide bonds. The first-order chi connectivity index (χ1) is 8.72. The summed E-state index contributed by atoms with van der Waals surface area (Å²) in [6.45, 7) is 3.40. The molecule has 0 saturated carbocycles. The Morgan fingerprint density at radius 2 is 2.21 bits per heavy atom. The summed E-state index contributed by atoms with van der Waals surface area (Å²) in [6.07, 6.45) is 0. The van der Waals surface area contributed by atoms with E-state index in [2.05, 4.69) is 6.58 Å². The molecular weight excluding hydrogens is 335 g/mol. The highest BCUT2D eigenvalue weighted by Crippen LogP contribution is 2.39. The van der Waals surface area contributed by atoms with Crippen LogP contribution in [-0.4, -0.2) is 50.4 Å². The lowest BCUT2D eigenvalue weighted by Crippen LogP contribution is -2.73. The van der Waals surface area contributed by atoms with Crippen LogP contribution in [0, 0.1) is 0 Å². The highest BCUT2D eigenvalue weighted by molar-refractivity contribution is 8.00. The lowest BCUT2D eigenvalue weighted by molar-refractivity contribution is -0.161. The van der Waals surface area contributed by atoms with E-state index >= 15 is 0 Å². The normalized spacial score (nSPS) is 30.7. The number of rotatable bonds is 2. The summed E-state index contributed by atoms with van der Waals surface area (Å²) in [6, 6.07) is -1.42. The zero-order chi connectivity index (χ0) is 14.4. The van der Waals surface area contributed by atoms with Gasteiger partial charge in [-0.25, -0.2) is 4.79 Å². The Morgan fingerprint density at radius 3 is 2.79 bits per heavy atom. The lowest BCUT2D eigenvalue weighted by Gasteiger charge is -2.51. The van der Waals surface area contributed by atoms with Gasteiger partial charge in [0.15, 0.2) is 6.04 Å². The van der Waals surface area contributed by atoms with E-state index < -0.39 is 21.8 Å². The van der Waals surface area contributed by atoms with Crippen LogP contribution in [0.5, 0.6) is 0 Å². The summed E-state index contributed by atoms with van der Waals surface area (Å²) >= 11 is 18.0. The number of alkyl halides is 3. The first-order valence-electron chi connectivity index (χ1n) is 5.33. The van der Waals surface area contributed by atoms with Crippen LogP contribution in [0.25, 0.3) is 0 Å². The molecular formula is C10H11Cl3N2O3S. The van der Waals surface area contributed by atoms with Crippen LogP contribution in [0.3, 0.4) is 0 Å². The van der Waals surface area contributed by atoms with Gasteiger partial charge in [0.2, 0.25) is 9.70 Å². The van der Waals surface area contributed by atoms with Crippen molar-refractivity contribution < 1.29 is 14.3 Å². The van der Waals surface area contributed by atoms with Crippen LogP contribution in [0.4, 0.5) is 0 Å². The molecule has 106 valence electrons. The highest BCUT2D eigenvalue weighted by Gasteiger charge is 2.54. The Balaban J connectivity index is 2.06. The van der Waals surface area contributed by atoms with Crippen molar-refractivity contribution in [3.8, 4) is 0 Å². The molecule has 0 aromatic carbocycles. The molecule has 0 bridgehead atoms. The van der Waals surface area contributed by atoms with Gasteiger partial charge in [0.25, 0.3) is 0 Å². The van der Waals surface area contributed by atoms with E-state index in [1.807, 2.05) is 0 Å². The van der Waals surface area contributed by atoms with Crippen molar-refractivity contribution in [2.45, 2.75) is 21.3 Å². The number of thioether (sulfide) groups is 1. The minimum Gasteiger partial charge on any atom is -0.459 e. The van der Waals surface area contributed by atoms with E-state index in [1.54, 1.807) is 0 Å². The standard InChI is InChI=1S/C10H11Cl3N2O3S/c1-4-2-19-8-5(14)7(16)15(8)6(4)9(17)18-3-10(11,12)13/h5-6,8H,1-3,14H2/t5?,6?,8-/m1/s1. The predicted molar refractivity (Wildman–Crippen MR) is 75.2 cm³/mol. The lowest BCUT2D eigenvalue weighted by atomic mass is 9.99. The van der Waals surface area contributed by atoms with Gasteiger partial charge in [-0.1, -0.05) is 41.4 Å². The molecule has 2 saturated heterocycles. The summed E-state index contributed by atoms with van der Waals surface area (Å²) in [7, 11) is 0. The van der Waals surface area contributed by atoms with Crippen LogP contribution in [-0.2, 0) is 14.3 Å². The van der Waals surface area contributed by atoms with Crippen molar-refractivity contribution >= 4 is 58.4 Å². The van der Waals surface area contributed by atoms with Gasteiger partial charge in [-0.2, -0.15) is 0 Å². The number of fused-ring (bicyclic) bond motifs is 1. The Morgan fingerprint density at radius 1 is 1.58 bits per heavy atom. The summed E-state index contributed by atoms with van der Waals surface area (Å²) < 4.78 is 3.23. The number of nitrogens with zero attached hydrogens (tertiary/aromatic N) is 1. The maximum absolute atomic E-state index is 12.0. The van der Waals surface area contributed by atoms with Crippen LogP contribution in [0.1, 0.15) is 0 Å². The average molecular weight is 346 g/mol. The third-order valence-corrected chi connectivity index (χ3v) is 4.55. The first-order valence-corrected chi connectivity index (χ1v) is 7.51. The van der Waals surface area contributed by atoms with Crippen molar-refractivity contribution in [3.63, 3.8) is 0 Å². The van der Waals surface area contributed by atoms with E-state index in [1.165, 1.54) is 16.7 Å². The number of hydrogen-bond donors (Lipinski definition) is 1. The fourth-order valence-corrected chi connectivity index (χ4v) is 3.37. The number of esters is 1. The molecule has 2 aliphatic rings. The molecule has 2 fully saturated rings. The fourth-order valence-electron chi connectivity index (χ4n) is 1.95. The third-order valence-electron chi connectivity index (χ3n) is 2.83. The Hall–Kier alpha value is -0.140. The number of ether oxygens (including phenoxy) is 1. The quantitative estimate of drug-likeness (QED) is 0.351. The highest BCUT2D eigenvalue weighted by atomic mass is 35.6. The Labute approximate surface area is 129 Å². The zero-order valence-corrected chi connectivity index (χ0v) is 12.7. The van der Waals surface area contributed by atoms with Gasteiger partial charge in [-0.15, -0.1) is 11.8 Å². The molecule has 5 nitrogen and oxygen atoms in total. The van der Waals surface area contributed by atoms with E-state index in [0.717, 1.165) is 0 Å². The van der Waals surface area contributed by atoms with Gasteiger partial charge in [-0.3, -0.25) is 4.79 Å². The number of hydrogen-bond acceptors (Lipinski definition) is 5. The zero-order valence-electron chi connectivity index (χ0n) is 9.64. The summed E-state index contributed by atoms with van der Waals surface area (Å²) in [4.78, 5) is 25.1. The minimum atomic E-state index is -1.69. The maximum Gasteiger partial charge on any atom is 0.333 e. The molecule has 0 aromatic rings. The second-order valence-electron chi connectivity index (χ2n) is 4.26. The van der Waals surface area contributed by atoms with Gasteiger partial charge in [0.1, 0.15) is 18.0 Å². The van der Waals surface area contributed by atoms with E-state index in [9.17, 15) is 9.59 Å². The van der Waals surface area contributed by atoms with Gasteiger partial charge in [0.05, 0.1) is 0 Å². The SMILES string of the molecule is C=C1CS[C@@H]2C(N)C(=O)N2C1C(=O)OCC(Cl)(Cl)Cl. The summed E-state index contributed by atoms with van der Waals surface area (Å²) in [5.41, 5.74) is 6.25. The van der Waals surface area contributed by atoms with Crippen LogP contribution < -0.4 is 5.73 Å². The van der Waals surface area contributed by atoms with Crippen molar-refractivity contribution in [1.82, 2.24) is 4.90 Å². The van der Waals surface area contributed by atoms with Crippen LogP contribution >= 0.6 is 46.6 Å². The molecule has 0 aliphatic carbocycles. The van der Waals surface area contributed by atoms with E-state index in [-0.39, 0.29) is 17.9 Å². The topological polar surface area (TPSA) is 72.6 Å². The molecule has 2 aliphatic heterocycles. The molecule has 0 aromatic heterocycles. The average Bonchev–Trinajstić information content (AvgIpc) is 2.33. The van der Waals surface area contributed by atoms with Gasteiger partial charge < -0.3 is 15.4 Å². The molecule has 2 unspecified atom stereocenters. The Kier molecular flexibility index (Phi) is 4.28. The van der Waals surface area contributed by atoms with Gasteiger partial charge in [0, 0.05) is 5.75 Å². The number of carbonyl (C=O) groups excluding carboxylic acids is 2. The maximum atomic E-state index is 12.0. The Bertz CT molecular complexity index is 440. The van der Waals surface area contributed by atoms with Crippen molar-refractivity contribution in [2.75, 3.05) is 12.4 Å². The molecule has 0 radical (unpaired) electrons. The first kappa shape index (κ1) is 15.3. The second-order valence-corrected chi connectivity index (χ2v) is 7.88. The summed E-state index contributed by atoms with van der Waals surface area (Å²) in [5.74, 6) is -0.411. The number of carbonyl (C=O) groups is 2. The van der Waals surface area contributed by atoms with E-state index in [0.29, 0.717) is 11.3 Å². The van der Waals surface area contributed by atoms with Crippen molar-refractivity contribution in [1.29, 1.82) is 0 Å². The molecule has 0 spiro atoms. The minimum absolute atomic E-state index is 0.219. The third kappa shape index (κ3) is 2.97. The molecule has 19 heavy (non-hydrogen) atoms. The van der Waals surface area contributed by atoms with Gasteiger partial charge in [-0.05, 0) is 5.57 Å². The molecule has 2 N–H and O–H groups in total.